The van der Waals surface area contributed by atoms with E-state index < -0.39 is 22.5 Å². The number of halogens is 1. The zero-order valence-electron chi connectivity index (χ0n) is 16.0. The summed E-state index contributed by atoms with van der Waals surface area (Å²) in [4.78, 5) is 26.4. The van der Waals surface area contributed by atoms with E-state index in [0.717, 1.165) is 35.0 Å². The fourth-order valence-corrected chi connectivity index (χ4v) is 3.06. The highest BCUT2D eigenvalue weighted by Crippen LogP contribution is 2.33. The fourth-order valence-electron chi connectivity index (χ4n) is 3.06. The number of nitrogens with zero attached hydrogens (tertiary/aromatic N) is 3. The van der Waals surface area contributed by atoms with Crippen LogP contribution in [0.4, 0.5) is 32.1 Å². The van der Waals surface area contributed by atoms with Gasteiger partial charge in [-0.3, -0.25) is 10.1 Å². The van der Waals surface area contributed by atoms with Crippen LogP contribution < -0.4 is 16.4 Å². The van der Waals surface area contributed by atoms with Crippen LogP contribution >= 0.6 is 0 Å². The first-order valence-corrected chi connectivity index (χ1v) is 8.96. The molecule has 0 atom stereocenters. The number of nitrogen functional groups attached to an aromatic ring is 1. The van der Waals surface area contributed by atoms with E-state index in [1.807, 2.05) is 13.0 Å². The number of aromatic nitrogens is 2. The van der Waals surface area contributed by atoms with Crippen LogP contribution in [-0.4, -0.2) is 21.1 Å². The van der Waals surface area contributed by atoms with Gasteiger partial charge in [-0.2, -0.15) is 0 Å². The number of nitro benzene ring substituents is 1. The van der Waals surface area contributed by atoms with Crippen molar-refractivity contribution >= 4 is 40.0 Å². The van der Waals surface area contributed by atoms with E-state index in [1.54, 1.807) is 24.3 Å². The molecular formula is C20H15FN6O4. The van der Waals surface area contributed by atoms with Crippen LogP contribution in [0.25, 0.3) is 22.2 Å². The van der Waals surface area contributed by atoms with Crippen molar-refractivity contribution in [3.63, 3.8) is 0 Å². The molecule has 0 radical (unpaired) electrons. The van der Waals surface area contributed by atoms with E-state index in [-0.39, 0.29) is 11.5 Å². The van der Waals surface area contributed by atoms with Crippen LogP contribution in [0.15, 0.2) is 53.1 Å². The third-order valence-electron chi connectivity index (χ3n) is 4.47. The summed E-state index contributed by atoms with van der Waals surface area (Å²) in [5.74, 6) is -0.688. The fraction of sp³-hybridized carbons (Fsp3) is 0.0500. The zero-order chi connectivity index (χ0) is 22.1. The Hall–Kier alpha value is -4.54. The molecule has 2 aromatic carbocycles. The second-order valence-corrected chi connectivity index (χ2v) is 6.64. The van der Waals surface area contributed by atoms with Crippen molar-refractivity contribution in [2.45, 2.75) is 6.92 Å². The quantitative estimate of drug-likeness (QED) is 0.324. The predicted molar refractivity (Wildman–Crippen MR) is 112 cm³/mol. The van der Waals surface area contributed by atoms with Crippen molar-refractivity contribution in [3.8, 4) is 11.1 Å². The van der Waals surface area contributed by atoms with Gasteiger partial charge < -0.3 is 20.9 Å². The van der Waals surface area contributed by atoms with Crippen molar-refractivity contribution in [2.24, 2.45) is 0 Å². The summed E-state index contributed by atoms with van der Waals surface area (Å²) >= 11 is 0. The molecule has 0 fully saturated rings. The van der Waals surface area contributed by atoms with Crippen LogP contribution in [0, 0.1) is 22.9 Å². The first-order chi connectivity index (χ1) is 14.8. The number of nitrogens with one attached hydrogen (secondary N) is 2. The number of pyridine rings is 1. The molecule has 0 saturated heterocycles. The molecule has 11 heteroatoms. The number of anilines is 3. The maximum absolute atomic E-state index is 13.9. The smallest absolute Gasteiger partial charge is 0.323 e. The molecule has 0 unspecified atom stereocenters. The number of nitrogens with two attached hydrogens (primary N) is 1. The molecule has 31 heavy (non-hydrogen) atoms. The number of fused-ring (bicyclic) bond motifs is 1. The Bertz CT molecular complexity index is 1320. The molecule has 0 bridgehead atoms. The Morgan fingerprint density at radius 1 is 1.16 bits per heavy atom. The van der Waals surface area contributed by atoms with Crippen LogP contribution in [0.1, 0.15) is 5.69 Å². The first-order valence-electron chi connectivity index (χ1n) is 8.96. The van der Waals surface area contributed by atoms with Gasteiger partial charge >= 0.3 is 6.03 Å². The number of rotatable bonds is 4. The molecule has 4 N–H and O–H groups in total. The predicted octanol–water partition coefficient (Wildman–Crippen LogP) is 4.47. The number of hydrogen-bond donors (Lipinski definition) is 3. The van der Waals surface area contributed by atoms with Gasteiger partial charge in [0.1, 0.15) is 0 Å². The number of carbonyl (C=O) groups excluding carboxylic acids is 1. The van der Waals surface area contributed by atoms with Gasteiger partial charge in [0.25, 0.3) is 11.4 Å². The molecule has 0 aliphatic heterocycles. The van der Waals surface area contributed by atoms with Gasteiger partial charge in [0.15, 0.2) is 11.6 Å². The maximum Gasteiger partial charge on any atom is 0.323 e. The van der Waals surface area contributed by atoms with Crippen LogP contribution in [0.3, 0.4) is 0 Å². The lowest BCUT2D eigenvalue weighted by Gasteiger charge is -2.10. The van der Waals surface area contributed by atoms with E-state index >= 15 is 0 Å². The van der Waals surface area contributed by atoms with Crippen LogP contribution in [0.2, 0.25) is 0 Å². The van der Waals surface area contributed by atoms with Crippen LogP contribution in [0.5, 0.6) is 0 Å². The molecule has 4 aromatic rings. The molecule has 0 spiro atoms. The Morgan fingerprint density at radius 2 is 1.90 bits per heavy atom. The lowest BCUT2D eigenvalue weighted by Crippen LogP contribution is -2.20. The number of carbonyl (C=O) groups is 1. The summed E-state index contributed by atoms with van der Waals surface area (Å²) in [7, 11) is 0. The number of urea groups is 1. The molecule has 0 saturated carbocycles. The van der Waals surface area contributed by atoms with Crippen molar-refractivity contribution in [1.29, 1.82) is 0 Å². The third-order valence-corrected chi connectivity index (χ3v) is 4.47. The van der Waals surface area contributed by atoms with Gasteiger partial charge in [-0.15, -0.1) is 0 Å². The minimum Gasteiger partial charge on any atom is -0.380 e. The lowest BCUT2D eigenvalue weighted by molar-refractivity contribution is -0.385. The maximum atomic E-state index is 13.9. The van der Waals surface area contributed by atoms with Gasteiger partial charge in [0.2, 0.25) is 0 Å². The summed E-state index contributed by atoms with van der Waals surface area (Å²) in [6.07, 6.45) is 0. The summed E-state index contributed by atoms with van der Waals surface area (Å²) in [5.41, 5.74) is 8.40. The number of hydrogen-bond acceptors (Lipinski definition) is 7. The molecule has 0 aliphatic rings. The van der Waals surface area contributed by atoms with Crippen molar-refractivity contribution < 1.29 is 18.6 Å². The van der Waals surface area contributed by atoms with Gasteiger partial charge in [-0.05, 0) is 36.8 Å². The highest BCUT2D eigenvalue weighted by molar-refractivity contribution is 6.01. The summed E-state index contributed by atoms with van der Waals surface area (Å²) in [6.45, 7) is 1.82. The minimum atomic E-state index is -0.914. The molecule has 2 aromatic heterocycles. The van der Waals surface area contributed by atoms with Gasteiger partial charge in [0.05, 0.1) is 22.1 Å². The number of benzene rings is 2. The number of non-ortho nitro benzene ring substituents is 1. The average molecular weight is 422 g/mol. The third kappa shape index (κ3) is 3.96. The summed E-state index contributed by atoms with van der Waals surface area (Å²) in [5, 5.41) is 19.9. The number of amides is 2. The monoisotopic (exact) mass is 422 g/mol. The molecule has 156 valence electrons. The van der Waals surface area contributed by atoms with Crippen molar-refractivity contribution in [3.05, 3.63) is 70.2 Å². The summed E-state index contributed by atoms with van der Waals surface area (Å²) in [6, 6.07) is 11.0. The largest absolute Gasteiger partial charge is 0.380 e. The molecule has 4 rings (SSSR count). The first kappa shape index (κ1) is 19.8. The second kappa shape index (κ2) is 7.71. The highest BCUT2D eigenvalue weighted by Gasteiger charge is 2.15. The Labute approximate surface area is 174 Å². The number of aryl methyl sites for hydroxylation is 1. The van der Waals surface area contributed by atoms with Crippen LogP contribution in [-0.2, 0) is 0 Å². The Balaban J connectivity index is 1.51. The second-order valence-electron chi connectivity index (χ2n) is 6.64. The highest BCUT2D eigenvalue weighted by atomic mass is 19.1. The van der Waals surface area contributed by atoms with Crippen molar-refractivity contribution in [2.75, 3.05) is 16.4 Å². The number of nitro groups is 1. The summed E-state index contributed by atoms with van der Waals surface area (Å²) < 4.78 is 19.1. The zero-order valence-corrected chi connectivity index (χ0v) is 16.0. The average Bonchev–Trinajstić information content (AvgIpc) is 3.10. The molecule has 2 heterocycles. The Kier molecular flexibility index (Phi) is 4.91. The van der Waals surface area contributed by atoms with E-state index in [0.29, 0.717) is 16.8 Å². The van der Waals surface area contributed by atoms with E-state index in [9.17, 15) is 19.3 Å². The topological polar surface area (TPSA) is 149 Å². The molecule has 2 amide bonds. The van der Waals surface area contributed by atoms with Gasteiger partial charge in [-0.25, -0.2) is 14.2 Å². The molecule has 10 nitrogen and oxygen atoms in total. The standard InChI is InChI=1S/C20H15FN6O4/c1-10-8-14(17-18(22)26-31-19(17)23-10)11-2-4-12(5-3-11)24-20(28)25-16-7-6-13(27(29)30)9-15(16)21/h2-9H,1H3,(H2,22,26)(H2,24,25,28). The van der Waals surface area contributed by atoms with Gasteiger partial charge in [-0.1, -0.05) is 17.3 Å². The van der Waals surface area contributed by atoms with E-state index in [4.69, 9.17) is 10.3 Å². The van der Waals surface area contributed by atoms with E-state index in [2.05, 4.69) is 20.8 Å². The molecule has 0 aliphatic carbocycles. The Morgan fingerprint density at radius 3 is 2.58 bits per heavy atom. The lowest BCUT2D eigenvalue weighted by atomic mass is 10.0. The van der Waals surface area contributed by atoms with Crippen molar-refractivity contribution in [1.82, 2.24) is 10.1 Å². The van der Waals surface area contributed by atoms with Gasteiger partial charge in [0, 0.05) is 23.0 Å². The molecular weight excluding hydrogens is 407 g/mol. The normalized spacial score (nSPS) is 10.8. The SMILES string of the molecule is Cc1cc(-c2ccc(NC(=O)Nc3ccc([N+](=O)[O-])cc3F)cc2)c2c(N)noc2n1. The minimum absolute atomic E-state index is 0.183. The van der Waals surface area contributed by atoms with E-state index in [1.165, 1.54) is 0 Å².